The highest BCUT2D eigenvalue weighted by molar-refractivity contribution is 5.77. The van der Waals surface area contributed by atoms with Crippen LogP contribution in [0, 0.1) is 0 Å². The Morgan fingerprint density at radius 1 is 1.55 bits per heavy atom. The van der Waals surface area contributed by atoms with Gasteiger partial charge in [-0.3, -0.25) is 9.63 Å². The monoisotopic (exact) mass is 162 g/mol. The predicted molar refractivity (Wildman–Crippen MR) is 35.4 cm³/mol. The molecule has 0 saturated heterocycles. The van der Waals surface area contributed by atoms with Crippen LogP contribution in [0.1, 0.15) is 12.8 Å². The normalized spacial score (nSPS) is 12.2. The quantitative estimate of drug-likeness (QED) is 0.388. The van der Waals surface area contributed by atoms with E-state index in [-0.39, 0.29) is 12.8 Å². The van der Waals surface area contributed by atoms with Gasteiger partial charge in [-0.15, -0.1) is 0 Å². The van der Waals surface area contributed by atoms with Gasteiger partial charge in [0.1, 0.15) is 6.04 Å². The minimum atomic E-state index is -0.806. The van der Waals surface area contributed by atoms with Gasteiger partial charge in [-0.25, -0.2) is 4.79 Å². The molecule has 0 heterocycles. The van der Waals surface area contributed by atoms with E-state index in [0.717, 1.165) is 0 Å². The van der Waals surface area contributed by atoms with Crippen LogP contribution in [0.25, 0.3) is 0 Å². The molecular weight excluding hydrogens is 150 g/mol. The first kappa shape index (κ1) is 9.86. The first-order valence-electron chi connectivity index (χ1n) is 3.07. The first-order chi connectivity index (χ1) is 5.07. The molecule has 11 heavy (non-hydrogen) atoms. The fraction of sp³-hybridized carbons (Fsp3) is 0.600. The van der Waals surface area contributed by atoms with E-state index in [9.17, 15) is 9.59 Å². The van der Waals surface area contributed by atoms with Crippen molar-refractivity contribution in [3.63, 3.8) is 0 Å². The summed E-state index contributed by atoms with van der Waals surface area (Å²) in [5.41, 5.74) is 10.1. The van der Waals surface area contributed by atoms with E-state index in [4.69, 9.17) is 11.5 Å². The van der Waals surface area contributed by atoms with E-state index < -0.39 is 17.9 Å². The van der Waals surface area contributed by atoms with Crippen LogP contribution in [-0.2, 0) is 14.4 Å². The van der Waals surface area contributed by atoms with Gasteiger partial charge in [-0.1, -0.05) is 0 Å². The van der Waals surface area contributed by atoms with E-state index in [1.54, 1.807) is 0 Å². The van der Waals surface area contributed by atoms with Gasteiger partial charge in [0.05, 0.1) is 0 Å². The lowest BCUT2D eigenvalue weighted by molar-refractivity contribution is -0.657. The van der Waals surface area contributed by atoms with Crippen molar-refractivity contribution >= 4 is 11.9 Å². The Kier molecular flexibility index (Phi) is 4.16. The molecule has 1 unspecified atom stereocenters. The van der Waals surface area contributed by atoms with Crippen molar-refractivity contribution in [2.24, 2.45) is 11.5 Å². The van der Waals surface area contributed by atoms with Gasteiger partial charge in [-0.05, 0) is 6.42 Å². The van der Waals surface area contributed by atoms with Crippen molar-refractivity contribution < 1.29 is 20.3 Å². The van der Waals surface area contributed by atoms with Crippen LogP contribution < -0.4 is 17.4 Å². The van der Waals surface area contributed by atoms with Gasteiger partial charge in [0.15, 0.2) is 0 Å². The van der Waals surface area contributed by atoms with Crippen molar-refractivity contribution in [3.8, 4) is 0 Å². The lowest BCUT2D eigenvalue weighted by atomic mass is 10.2. The number of carbonyl (C=O) groups is 2. The fourth-order valence-corrected chi connectivity index (χ4v) is 0.523. The van der Waals surface area contributed by atoms with Crippen molar-refractivity contribution in [2.45, 2.75) is 18.9 Å². The van der Waals surface area contributed by atoms with Crippen molar-refractivity contribution in [1.29, 1.82) is 0 Å². The molecule has 0 aromatic heterocycles. The Bertz CT molecular complexity index is 159. The maximum Gasteiger partial charge on any atom is 0.382 e. The van der Waals surface area contributed by atoms with Crippen LogP contribution in [0.3, 0.4) is 0 Å². The van der Waals surface area contributed by atoms with Crippen molar-refractivity contribution in [3.05, 3.63) is 0 Å². The maximum atomic E-state index is 10.6. The van der Waals surface area contributed by atoms with Gasteiger partial charge in [0.2, 0.25) is 5.91 Å². The SMILES string of the molecule is NC(=O)CCC(N)C(=O)O[NH3+]. The third-order valence-corrected chi connectivity index (χ3v) is 1.15. The molecule has 0 aromatic carbocycles. The summed E-state index contributed by atoms with van der Waals surface area (Å²) in [6.45, 7) is 0. The van der Waals surface area contributed by atoms with E-state index >= 15 is 0 Å². The molecule has 0 rings (SSSR count). The lowest BCUT2D eigenvalue weighted by Crippen LogP contribution is -2.55. The predicted octanol–water partition coefficient (Wildman–Crippen LogP) is -2.72. The number of amides is 1. The number of primary amides is 1. The Morgan fingerprint density at radius 2 is 2.09 bits per heavy atom. The molecule has 7 N–H and O–H groups in total. The molecule has 0 fully saturated rings. The van der Waals surface area contributed by atoms with Gasteiger partial charge in [-0.2, -0.15) is 5.90 Å². The summed E-state index contributed by atoms with van der Waals surface area (Å²) in [6.07, 6.45) is 0.278. The minimum Gasteiger partial charge on any atom is -0.370 e. The highest BCUT2D eigenvalue weighted by Crippen LogP contribution is 1.93. The maximum absolute atomic E-state index is 10.6. The zero-order valence-corrected chi connectivity index (χ0v) is 6.08. The molecule has 0 bridgehead atoms. The molecule has 1 amide bonds. The summed E-state index contributed by atoms with van der Waals surface area (Å²) in [4.78, 5) is 24.9. The molecule has 0 aliphatic carbocycles. The van der Waals surface area contributed by atoms with Crippen molar-refractivity contribution in [2.75, 3.05) is 0 Å². The molecular formula is C5H12N3O3+. The standard InChI is InChI=1S/C5H11N3O3/c6-3(5(10)11-8)1-2-4(7)9/h3H,1-2,6H2,8H3,(H-,7,9)/p+1. The van der Waals surface area contributed by atoms with E-state index in [0.29, 0.717) is 0 Å². The number of nitrogens with two attached hydrogens (primary N) is 2. The molecule has 0 spiro atoms. The average molecular weight is 162 g/mol. The first-order valence-corrected chi connectivity index (χ1v) is 3.07. The summed E-state index contributed by atoms with van der Waals surface area (Å²) >= 11 is 0. The van der Waals surface area contributed by atoms with Crippen LogP contribution >= 0.6 is 0 Å². The van der Waals surface area contributed by atoms with Crippen LogP contribution in [0.5, 0.6) is 0 Å². The lowest BCUT2D eigenvalue weighted by Gasteiger charge is -2.03. The average Bonchev–Trinajstić information content (AvgIpc) is 1.98. The molecule has 1 atom stereocenters. The molecule has 0 aliphatic heterocycles. The third-order valence-electron chi connectivity index (χ3n) is 1.15. The van der Waals surface area contributed by atoms with E-state index in [1.165, 1.54) is 0 Å². The number of hydrogen-bond donors (Lipinski definition) is 3. The molecule has 6 heteroatoms. The van der Waals surface area contributed by atoms with Gasteiger partial charge >= 0.3 is 5.97 Å². The van der Waals surface area contributed by atoms with Gasteiger partial charge in [0.25, 0.3) is 0 Å². The topological polar surface area (TPSA) is 123 Å². The second kappa shape index (κ2) is 4.64. The van der Waals surface area contributed by atoms with Crippen LogP contribution in [-0.4, -0.2) is 17.9 Å². The van der Waals surface area contributed by atoms with Crippen LogP contribution in [0.15, 0.2) is 0 Å². The zero-order chi connectivity index (χ0) is 8.85. The van der Waals surface area contributed by atoms with Crippen molar-refractivity contribution in [1.82, 2.24) is 0 Å². The third kappa shape index (κ3) is 4.29. The number of hydrogen-bond acceptors (Lipinski definition) is 4. The largest absolute Gasteiger partial charge is 0.382 e. The second-order valence-electron chi connectivity index (χ2n) is 2.07. The Balaban J connectivity index is 3.60. The molecule has 64 valence electrons. The summed E-state index contributed by atoms with van der Waals surface area (Å²) in [7, 11) is 0. The highest BCUT2D eigenvalue weighted by atomic mass is 16.7. The summed E-state index contributed by atoms with van der Waals surface area (Å²) in [5.74, 6) is 1.77. The van der Waals surface area contributed by atoms with Crippen LogP contribution in [0.2, 0.25) is 0 Å². The van der Waals surface area contributed by atoms with E-state index in [2.05, 4.69) is 10.7 Å². The Hall–Kier alpha value is -1.14. The molecule has 0 radical (unpaired) electrons. The summed E-state index contributed by atoms with van der Waals surface area (Å²) in [5, 5.41) is 0. The summed E-state index contributed by atoms with van der Waals surface area (Å²) in [6, 6.07) is -0.806. The number of carbonyl (C=O) groups excluding carboxylic acids is 2. The Morgan fingerprint density at radius 3 is 2.45 bits per heavy atom. The highest BCUT2D eigenvalue weighted by Gasteiger charge is 2.16. The number of quaternary nitrogens is 1. The second-order valence-corrected chi connectivity index (χ2v) is 2.07. The zero-order valence-electron chi connectivity index (χ0n) is 6.08. The minimum absolute atomic E-state index is 0.0796. The Labute approximate surface area is 63.6 Å². The number of rotatable bonds is 4. The van der Waals surface area contributed by atoms with Gasteiger partial charge in [0, 0.05) is 6.42 Å². The van der Waals surface area contributed by atoms with Crippen LogP contribution in [0.4, 0.5) is 0 Å². The molecule has 6 nitrogen and oxygen atoms in total. The van der Waals surface area contributed by atoms with E-state index in [1.807, 2.05) is 0 Å². The molecule has 0 aliphatic rings. The molecule has 0 aromatic rings. The van der Waals surface area contributed by atoms with Gasteiger partial charge < -0.3 is 11.5 Å². The smallest absolute Gasteiger partial charge is 0.370 e. The fourth-order valence-electron chi connectivity index (χ4n) is 0.523. The molecule has 0 saturated carbocycles. The summed E-state index contributed by atoms with van der Waals surface area (Å²) < 4.78 is 0.